The van der Waals surface area contributed by atoms with Crippen molar-refractivity contribution in [1.29, 1.82) is 0 Å². The second kappa shape index (κ2) is 12.8. The highest BCUT2D eigenvalue weighted by atomic mass is 28.4. The van der Waals surface area contributed by atoms with E-state index in [0.717, 1.165) is 47.5 Å². The highest BCUT2D eigenvalue weighted by Crippen LogP contribution is 2.45. The number of hydrogen-bond donors (Lipinski definition) is 2. The van der Waals surface area contributed by atoms with Crippen molar-refractivity contribution >= 4 is 25.6 Å². The number of aryl methyl sites for hydroxylation is 2. The van der Waals surface area contributed by atoms with Gasteiger partial charge in [0.05, 0.1) is 29.3 Å². The molecule has 2 aliphatic heterocycles. The molecule has 0 saturated carbocycles. The molecule has 3 aromatic rings. The lowest BCUT2D eigenvalue weighted by molar-refractivity contribution is -0.118. The zero-order valence-corrected chi connectivity index (χ0v) is 25.2. The maximum absolute atomic E-state index is 12.8. The third-order valence-corrected chi connectivity index (χ3v) is 10.9. The van der Waals surface area contributed by atoms with Crippen molar-refractivity contribution in [3.8, 4) is 0 Å². The van der Waals surface area contributed by atoms with Crippen LogP contribution >= 0.6 is 0 Å². The number of aliphatic hydroxyl groups is 1. The van der Waals surface area contributed by atoms with Gasteiger partial charge in [-0.3, -0.25) is 9.48 Å². The Bertz CT molecular complexity index is 1360. The van der Waals surface area contributed by atoms with Gasteiger partial charge in [0.1, 0.15) is 0 Å². The van der Waals surface area contributed by atoms with E-state index in [4.69, 9.17) is 14.9 Å². The predicted molar refractivity (Wildman–Crippen MR) is 161 cm³/mol. The molecule has 3 heterocycles. The zero-order valence-electron chi connectivity index (χ0n) is 24.2. The van der Waals surface area contributed by atoms with Gasteiger partial charge in [-0.1, -0.05) is 54.6 Å². The van der Waals surface area contributed by atoms with Crippen molar-refractivity contribution in [2.75, 3.05) is 11.6 Å². The number of nitrogens with zero attached hydrogens (tertiary/aromatic N) is 5. The summed E-state index contributed by atoms with van der Waals surface area (Å²) in [6.07, 6.45) is 5.82. The maximum Gasteiger partial charge on any atom is 0.247 e. The first kappa shape index (κ1) is 29.3. The van der Waals surface area contributed by atoms with Crippen LogP contribution in [0.25, 0.3) is 0 Å². The van der Waals surface area contributed by atoms with Gasteiger partial charge in [0.2, 0.25) is 5.91 Å². The third kappa shape index (κ3) is 7.01. The number of carbonyl (C=O) groups excluding carboxylic acids is 1. The van der Waals surface area contributed by atoms with E-state index in [1.165, 1.54) is 0 Å². The van der Waals surface area contributed by atoms with Gasteiger partial charge in [0, 0.05) is 44.2 Å². The fourth-order valence-electron chi connectivity index (χ4n) is 6.36. The first-order valence-corrected chi connectivity index (χ1v) is 17.7. The Labute approximate surface area is 243 Å². The molecule has 0 aliphatic carbocycles. The van der Waals surface area contributed by atoms with Crippen LogP contribution in [0.1, 0.15) is 49.4 Å². The smallest absolute Gasteiger partial charge is 0.247 e. The molecule has 9 nitrogen and oxygen atoms in total. The van der Waals surface area contributed by atoms with Gasteiger partial charge in [0.15, 0.2) is 8.32 Å². The third-order valence-electron chi connectivity index (χ3n) is 8.33. The van der Waals surface area contributed by atoms with Gasteiger partial charge in [0.25, 0.3) is 0 Å². The van der Waals surface area contributed by atoms with Crippen molar-refractivity contribution in [1.82, 2.24) is 15.0 Å². The van der Waals surface area contributed by atoms with Crippen molar-refractivity contribution in [2.45, 2.75) is 82.8 Å². The lowest BCUT2D eigenvalue weighted by Crippen LogP contribution is -2.40. The second-order valence-electron chi connectivity index (χ2n) is 11.8. The molecule has 2 N–H and O–H groups in total. The Hall–Kier alpha value is -3.18. The van der Waals surface area contributed by atoms with Crippen LogP contribution in [0.5, 0.6) is 0 Å². The summed E-state index contributed by atoms with van der Waals surface area (Å²) >= 11 is 0. The van der Waals surface area contributed by atoms with Crippen LogP contribution in [-0.2, 0) is 28.9 Å². The Morgan fingerprint density at radius 1 is 1.02 bits per heavy atom. The molecule has 0 radical (unpaired) electrons. The largest absolute Gasteiger partial charge is 0.432 e. The molecule has 1 saturated heterocycles. The van der Waals surface area contributed by atoms with E-state index in [2.05, 4.69) is 29.4 Å². The number of anilines is 1. The predicted octanol–water partition coefficient (Wildman–Crippen LogP) is 4.34. The fourth-order valence-corrected chi connectivity index (χ4v) is 9.02. The summed E-state index contributed by atoms with van der Waals surface area (Å²) in [5, 5.41) is 23.7. The molecule has 0 bridgehead atoms. The monoisotopic (exact) mass is 575 g/mol. The molecule has 41 heavy (non-hydrogen) atoms. The molecule has 218 valence electrons. The molecule has 5 rings (SSSR count). The van der Waals surface area contributed by atoms with Crippen LogP contribution in [-0.4, -0.2) is 63.6 Å². The number of rotatable bonds is 11. The Kier molecular flexibility index (Phi) is 9.13. The van der Waals surface area contributed by atoms with Crippen molar-refractivity contribution < 1.29 is 19.4 Å². The standard InChI is InChI=1S/C31H41N5O4Si/c1-22-28(40-29(31(22)41(2,3)39)16-18-35-21-25(17-19-37)32-34-35)14-12-23-8-7-11-26(20-23)36-30(38)15-13-27(33-36)24-9-5-4-6-10-24/h4-11,20-22,28-29,31,37,39H,12-19H2,1-3H3/t22-,28+,29-,31+/m0/s1. The average molecular weight is 576 g/mol. The minimum absolute atomic E-state index is 0.00580. The van der Waals surface area contributed by atoms with E-state index in [0.29, 0.717) is 25.8 Å². The van der Waals surface area contributed by atoms with Crippen LogP contribution in [0.3, 0.4) is 0 Å². The molecule has 1 amide bonds. The molecule has 1 fully saturated rings. The van der Waals surface area contributed by atoms with E-state index in [1.807, 2.05) is 61.8 Å². The van der Waals surface area contributed by atoms with E-state index in [9.17, 15) is 9.59 Å². The van der Waals surface area contributed by atoms with Crippen LogP contribution in [0, 0.1) is 5.92 Å². The average Bonchev–Trinajstić information content (AvgIpc) is 3.55. The molecular formula is C31H41N5O4Si. The van der Waals surface area contributed by atoms with Crippen LogP contribution in [0.2, 0.25) is 18.6 Å². The summed E-state index contributed by atoms with van der Waals surface area (Å²) in [4.78, 5) is 24.0. The van der Waals surface area contributed by atoms with Crippen LogP contribution < -0.4 is 5.01 Å². The summed E-state index contributed by atoms with van der Waals surface area (Å²) in [6, 6.07) is 18.1. The molecule has 10 heteroatoms. The number of ether oxygens (including phenoxy) is 1. The number of benzene rings is 2. The SMILES string of the molecule is C[C@@H]1[C@@H]([Si](C)(C)O)[C@H](CCn2cc(CCO)nn2)O[C@@H]1CCc1cccc(N2N=C(c3ccccc3)CCC2=O)c1. The summed E-state index contributed by atoms with van der Waals surface area (Å²) in [5.74, 6) is 0.239. The normalized spacial score (nSPS) is 23.2. The molecule has 2 aliphatic rings. The summed E-state index contributed by atoms with van der Waals surface area (Å²) in [6.45, 7) is 6.92. The fraction of sp³-hybridized carbons (Fsp3) is 0.484. The Balaban J connectivity index is 1.25. The number of hydrogen-bond acceptors (Lipinski definition) is 7. The quantitative estimate of drug-likeness (QED) is 0.329. The molecular weight excluding hydrogens is 534 g/mol. The van der Waals surface area contributed by atoms with E-state index < -0.39 is 8.32 Å². The first-order valence-electron chi connectivity index (χ1n) is 14.7. The summed E-state index contributed by atoms with van der Waals surface area (Å²) in [5.41, 5.74) is 4.78. The summed E-state index contributed by atoms with van der Waals surface area (Å²) in [7, 11) is -2.48. The van der Waals surface area contributed by atoms with Crippen molar-refractivity contribution in [2.24, 2.45) is 11.0 Å². The van der Waals surface area contributed by atoms with Gasteiger partial charge in [-0.25, -0.2) is 5.01 Å². The minimum atomic E-state index is -2.48. The lowest BCUT2D eigenvalue weighted by atomic mass is 9.95. The number of hydrazone groups is 1. The van der Waals surface area contributed by atoms with Crippen LogP contribution in [0.4, 0.5) is 5.69 Å². The number of amides is 1. The van der Waals surface area contributed by atoms with Gasteiger partial charge in [-0.2, -0.15) is 5.10 Å². The van der Waals surface area contributed by atoms with Crippen molar-refractivity contribution in [3.63, 3.8) is 0 Å². The lowest BCUT2D eigenvalue weighted by Gasteiger charge is -2.30. The Morgan fingerprint density at radius 3 is 2.59 bits per heavy atom. The molecule has 0 spiro atoms. The van der Waals surface area contributed by atoms with Crippen molar-refractivity contribution in [3.05, 3.63) is 77.6 Å². The van der Waals surface area contributed by atoms with E-state index in [1.54, 1.807) is 9.69 Å². The topological polar surface area (TPSA) is 113 Å². The summed E-state index contributed by atoms with van der Waals surface area (Å²) < 4.78 is 8.42. The number of aromatic nitrogens is 3. The highest BCUT2D eigenvalue weighted by molar-refractivity contribution is 6.71. The second-order valence-corrected chi connectivity index (χ2v) is 15.8. The van der Waals surface area contributed by atoms with Gasteiger partial charge < -0.3 is 14.6 Å². The minimum Gasteiger partial charge on any atom is -0.432 e. The van der Waals surface area contributed by atoms with Gasteiger partial charge in [-0.05, 0) is 61.5 Å². The molecule has 1 aromatic heterocycles. The number of aliphatic hydroxyl groups excluding tert-OH is 1. The first-order chi connectivity index (χ1) is 19.7. The van der Waals surface area contributed by atoms with E-state index in [-0.39, 0.29) is 36.2 Å². The number of carbonyl (C=O) groups is 1. The zero-order chi connectivity index (χ0) is 29.0. The molecule has 2 aromatic carbocycles. The van der Waals surface area contributed by atoms with Gasteiger partial charge >= 0.3 is 0 Å². The Morgan fingerprint density at radius 2 is 1.83 bits per heavy atom. The molecule has 0 unspecified atom stereocenters. The van der Waals surface area contributed by atoms with Crippen LogP contribution in [0.15, 0.2) is 65.9 Å². The maximum atomic E-state index is 12.8. The highest BCUT2D eigenvalue weighted by Gasteiger charge is 2.49. The van der Waals surface area contributed by atoms with E-state index >= 15 is 0 Å². The van der Waals surface area contributed by atoms with Gasteiger partial charge in [-0.15, -0.1) is 5.10 Å². The molecule has 4 atom stereocenters.